The molecule has 0 aromatic heterocycles. The molecule has 1 heterocycles. The van der Waals surface area contributed by atoms with Crippen LogP contribution in [0.15, 0.2) is 30.3 Å². The van der Waals surface area contributed by atoms with Crippen molar-refractivity contribution in [3.8, 4) is 0 Å². The van der Waals surface area contributed by atoms with E-state index in [1.54, 1.807) is 4.90 Å². The zero-order chi connectivity index (χ0) is 14.4. The molecule has 1 atom stereocenters. The third-order valence-corrected chi connectivity index (χ3v) is 3.46. The third kappa shape index (κ3) is 4.06. The van der Waals surface area contributed by atoms with Crippen LogP contribution in [-0.2, 0) is 20.9 Å². The Morgan fingerprint density at radius 3 is 2.75 bits per heavy atom. The molecule has 0 spiro atoms. The van der Waals surface area contributed by atoms with Crippen LogP contribution in [0.2, 0.25) is 0 Å². The van der Waals surface area contributed by atoms with Gasteiger partial charge in [0.05, 0.1) is 12.5 Å². The van der Waals surface area contributed by atoms with E-state index in [2.05, 4.69) is 0 Å². The molecule has 1 N–H and O–H groups in total. The molecule has 1 fully saturated rings. The largest absolute Gasteiger partial charge is 0.481 e. The Morgan fingerprint density at radius 1 is 1.30 bits per heavy atom. The van der Waals surface area contributed by atoms with Gasteiger partial charge in [0.25, 0.3) is 0 Å². The van der Waals surface area contributed by atoms with Crippen LogP contribution in [-0.4, -0.2) is 41.6 Å². The topological polar surface area (TPSA) is 66.8 Å². The molecule has 1 aliphatic rings. The van der Waals surface area contributed by atoms with Crippen molar-refractivity contribution < 1.29 is 19.4 Å². The van der Waals surface area contributed by atoms with Crippen molar-refractivity contribution in [2.24, 2.45) is 5.92 Å². The maximum Gasteiger partial charge on any atom is 0.308 e. The number of benzene rings is 1. The van der Waals surface area contributed by atoms with Gasteiger partial charge in [0.15, 0.2) is 0 Å². The molecule has 20 heavy (non-hydrogen) atoms. The lowest BCUT2D eigenvalue weighted by Gasteiger charge is -2.30. The first-order valence-corrected chi connectivity index (χ1v) is 6.79. The van der Waals surface area contributed by atoms with Gasteiger partial charge in [-0.1, -0.05) is 30.3 Å². The zero-order valence-corrected chi connectivity index (χ0v) is 11.3. The molecule has 1 amide bonds. The number of carboxylic acid groups (broad SMARTS) is 1. The van der Waals surface area contributed by atoms with Crippen molar-refractivity contribution in [1.82, 2.24) is 4.90 Å². The maximum atomic E-state index is 12.0. The van der Waals surface area contributed by atoms with Crippen molar-refractivity contribution in [2.45, 2.75) is 19.4 Å². The summed E-state index contributed by atoms with van der Waals surface area (Å²) in [6.45, 7) is 1.31. The lowest BCUT2D eigenvalue weighted by atomic mass is 9.98. The first kappa shape index (κ1) is 14.5. The van der Waals surface area contributed by atoms with Gasteiger partial charge in [0.2, 0.25) is 5.91 Å². The average molecular weight is 277 g/mol. The average Bonchev–Trinajstić information content (AvgIpc) is 2.48. The summed E-state index contributed by atoms with van der Waals surface area (Å²) in [4.78, 5) is 24.5. The van der Waals surface area contributed by atoms with Crippen molar-refractivity contribution >= 4 is 11.9 Å². The lowest BCUT2D eigenvalue weighted by Crippen LogP contribution is -2.43. The number of carbonyl (C=O) groups excluding carboxylic acids is 1. The number of hydrogen-bond acceptors (Lipinski definition) is 3. The van der Waals surface area contributed by atoms with Crippen LogP contribution < -0.4 is 0 Å². The predicted octanol–water partition coefficient (Wildman–Crippen LogP) is 1.53. The number of carbonyl (C=O) groups is 2. The highest BCUT2D eigenvalue weighted by Crippen LogP contribution is 2.16. The standard InChI is InChI=1S/C15H19NO4/c17-14(11-20-10-12-5-2-1-3-6-12)16-8-4-7-13(9-16)15(18)19/h1-3,5-6,13H,4,7-11H2,(H,18,19)/t13-/m1/s1. The van der Waals surface area contributed by atoms with Gasteiger partial charge in [0, 0.05) is 13.1 Å². The van der Waals surface area contributed by atoms with Gasteiger partial charge >= 0.3 is 5.97 Å². The summed E-state index contributed by atoms with van der Waals surface area (Å²) in [6, 6.07) is 9.64. The van der Waals surface area contributed by atoms with Crippen LogP contribution in [0.4, 0.5) is 0 Å². The number of hydrogen-bond donors (Lipinski definition) is 1. The van der Waals surface area contributed by atoms with Gasteiger partial charge in [-0.3, -0.25) is 9.59 Å². The molecule has 0 radical (unpaired) electrons. The molecular formula is C15H19NO4. The number of amides is 1. The normalized spacial score (nSPS) is 18.8. The molecule has 1 aromatic rings. The van der Waals surface area contributed by atoms with Crippen LogP contribution in [0.1, 0.15) is 18.4 Å². The number of nitrogens with zero attached hydrogens (tertiary/aromatic N) is 1. The van der Waals surface area contributed by atoms with E-state index >= 15 is 0 Å². The number of piperidine rings is 1. The molecule has 0 aliphatic carbocycles. The van der Waals surface area contributed by atoms with Gasteiger partial charge in [0.1, 0.15) is 6.61 Å². The Labute approximate surface area is 118 Å². The molecule has 1 saturated heterocycles. The van der Waals surface area contributed by atoms with Crippen molar-refractivity contribution in [3.63, 3.8) is 0 Å². The molecule has 0 bridgehead atoms. The summed E-state index contributed by atoms with van der Waals surface area (Å²) in [7, 11) is 0. The van der Waals surface area contributed by atoms with E-state index in [9.17, 15) is 9.59 Å². The molecule has 2 rings (SSSR count). The van der Waals surface area contributed by atoms with Crippen LogP contribution in [0.3, 0.4) is 0 Å². The van der Waals surface area contributed by atoms with Crippen LogP contribution in [0.25, 0.3) is 0 Å². The van der Waals surface area contributed by atoms with Crippen molar-refractivity contribution in [1.29, 1.82) is 0 Å². The van der Waals surface area contributed by atoms with Gasteiger partial charge < -0.3 is 14.7 Å². The fraction of sp³-hybridized carbons (Fsp3) is 0.467. The van der Waals surface area contributed by atoms with Crippen molar-refractivity contribution in [3.05, 3.63) is 35.9 Å². The number of rotatable bonds is 5. The summed E-state index contributed by atoms with van der Waals surface area (Å²) in [5.41, 5.74) is 1.02. The summed E-state index contributed by atoms with van der Waals surface area (Å²) < 4.78 is 5.39. The smallest absolute Gasteiger partial charge is 0.308 e. The highest BCUT2D eigenvalue weighted by atomic mass is 16.5. The highest BCUT2D eigenvalue weighted by Gasteiger charge is 2.27. The number of likely N-dealkylation sites (tertiary alicyclic amines) is 1. The molecular weight excluding hydrogens is 258 g/mol. The predicted molar refractivity (Wildman–Crippen MR) is 73.0 cm³/mol. The van der Waals surface area contributed by atoms with Gasteiger partial charge in [-0.2, -0.15) is 0 Å². The SMILES string of the molecule is O=C(O)[C@@H]1CCCN(C(=O)COCc2ccccc2)C1. The van der Waals surface area contributed by atoms with E-state index in [4.69, 9.17) is 9.84 Å². The van der Waals surface area contributed by atoms with Gasteiger partial charge in [-0.15, -0.1) is 0 Å². The first-order chi connectivity index (χ1) is 9.66. The fourth-order valence-corrected chi connectivity index (χ4v) is 2.33. The number of aliphatic carboxylic acids is 1. The van der Waals surface area contributed by atoms with E-state index in [1.807, 2.05) is 30.3 Å². The second-order valence-electron chi connectivity index (χ2n) is 5.00. The van der Waals surface area contributed by atoms with E-state index in [0.29, 0.717) is 26.1 Å². The monoisotopic (exact) mass is 277 g/mol. The Kier molecular flexibility index (Phi) is 5.12. The van der Waals surface area contributed by atoms with E-state index in [1.165, 1.54) is 0 Å². The molecule has 0 saturated carbocycles. The van der Waals surface area contributed by atoms with E-state index in [0.717, 1.165) is 12.0 Å². The molecule has 5 heteroatoms. The minimum atomic E-state index is -0.826. The fourth-order valence-electron chi connectivity index (χ4n) is 2.33. The van der Waals surface area contributed by atoms with Crippen molar-refractivity contribution in [2.75, 3.05) is 19.7 Å². The van der Waals surface area contributed by atoms with Gasteiger partial charge in [-0.05, 0) is 18.4 Å². The van der Waals surface area contributed by atoms with Gasteiger partial charge in [-0.25, -0.2) is 0 Å². The molecule has 1 aliphatic heterocycles. The first-order valence-electron chi connectivity index (χ1n) is 6.79. The van der Waals surface area contributed by atoms with Crippen LogP contribution >= 0.6 is 0 Å². The van der Waals surface area contributed by atoms with Crippen LogP contribution in [0.5, 0.6) is 0 Å². The minimum absolute atomic E-state index is 0.00122. The molecule has 0 unspecified atom stereocenters. The van der Waals surface area contributed by atoms with E-state index < -0.39 is 11.9 Å². The molecule has 5 nitrogen and oxygen atoms in total. The molecule has 108 valence electrons. The van der Waals surface area contributed by atoms with Crippen LogP contribution in [0, 0.1) is 5.92 Å². The Balaban J connectivity index is 1.75. The summed E-state index contributed by atoms with van der Waals surface area (Å²) in [5, 5.41) is 8.99. The second-order valence-corrected chi connectivity index (χ2v) is 5.00. The highest BCUT2D eigenvalue weighted by molar-refractivity contribution is 5.79. The number of carboxylic acids is 1. The zero-order valence-electron chi connectivity index (χ0n) is 11.3. The lowest BCUT2D eigenvalue weighted by molar-refractivity contribution is -0.147. The summed E-state index contributed by atoms with van der Waals surface area (Å²) >= 11 is 0. The quantitative estimate of drug-likeness (QED) is 0.886. The third-order valence-electron chi connectivity index (χ3n) is 3.46. The van der Waals surface area contributed by atoms with E-state index in [-0.39, 0.29) is 12.5 Å². The Morgan fingerprint density at radius 2 is 2.05 bits per heavy atom. The Bertz CT molecular complexity index is 460. The minimum Gasteiger partial charge on any atom is -0.481 e. The summed E-state index contributed by atoms with van der Waals surface area (Å²) in [6.07, 6.45) is 1.38. The number of ether oxygens (including phenoxy) is 1. The Hall–Kier alpha value is -1.88. The maximum absolute atomic E-state index is 12.0. The summed E-state index contributed by atoms with van der Waals surface area (Å²) in [5.74, 6) is -1.40. The second kappa shape index (κ2) is 7.05. The molecule has 1 aromatic carbocycles.